The van der Waals surface area contributed by atoms with E-state index in [1.54, 1.807) is 72.1 Å². The van der Waals surface area contributed by atoms with E-state index >= 15 is 0 Å². The van der Waals surface area contributed by atoms with E-state index in [-0.39, 0.29) is 23.0 Å². The van der Waals surface area contributed by atoms with Crippen LogP contribution in [0.5, 0.6) is 0 Å². The highest BCUT2D eigenvalue weighted by Crippen LogP contribution is 2.26. The highest BCUT2D eigenvalue weighted by Gasteiger charge is 2.21. The molecule has 186 valence electrons. The van der Waals surface area contributed by atoms with E-state index in [1.807, 2.05) is 11.4 Å². The largest absolute Gasteiger partial charge is 0.326 e. The number of nitrogens with zero attached hydrogens (tertiary/aromatic N) is 2. The molecule has 0 atom stereocenters. The number of nitriles is 1. The van der Waals surface area contributed by atoms with Gasteiger partial charge in [0, 0.05) is 22.0 Å². The van der Waals surface area contributed by atoms with Crippen molar-refractivity contribution in [3.63, 3.8) is 0 Å². The number of aromatic nitrogens is 2. The van der Waals surface area contributed by atoms with Crippen LogP contribution in [0, 0.1) is 11.3 Å². The molecule has 0 saturated carbocycles. The Morgan fingerprint density at radius 1 is 0.947 bits per heavy atom. The SMILES string of the molecule is N#Cc1c(-c2ccc(NC(=O)c3ccsc3C(=O)c3cccs3)cc2)nc(Nc2ccc(Cl)cc2)[nH]c1=O. The molecule has 0 unspecified atom stereocenters. The summed E-state index contributed by atoms with van der Waals surface area (Å²) < 4.78 is 0. The van der Waals surface area contributed by atoms with Crippen molar-refractivity contribution in [2.75, 3.05) is 10.6 Å². The standard InChI is InChI=1S/C27H16ClN5O3S2/c28-16-5-9-18(10-6-16)31-27-32-22(20(14-29)26(36)33-27)15-3-7-17(8-4-15)30-25(35)19-11-13-38-24(19)23(34)21-2-1-12-37-21/h1-13H,(H,30,35)(H2,31,32,33,36). The van der Waals surface area contributed by atoms with E-state index in [9.17, 15) is 19.6 Å². The molecule has 0 aliphatic carbocycles. The number of benzene rings is 2. The van der Waals surface area contributed by atoms with Gasteiger partial charge < -0.3 is 10.6 Å². The number of aromatic amines is 1. The zero-order valence-electron chi connectivity index (χ0n) is 19.3. The maximum Gasteiger partial charge on any atom is 0.270 e. The van der Waals surface area contributed by atoms with Gasteiger partial charge >= 0.3 is 0 Å². The molecule has 0 aliphatic rings. The minimum absolute atomic E-state index is 0.140. The average Bonchev–Trinajstić information content (AvgIpc) is 3.63. The number of carbonyl (C=O) groups excluding carboxylic acids is 2. The molecule has 2 aromatic carbocycles. The van der Waals surface area contributed by atoms with Crippen molar-refractivity contribution in [1.82, 2.24) is 9.97 Å². The smallest absolute Gasteiger partial charge is 0.270 e. The second-order valence-corrected chi connectivity index (χ2v) is 10.2. The van der Waals surface area contributed by atoms with Crippen LogP contribution in [0.1, 0.15) is 30.5 Å². The number of carbonyl (C=O) groups is 2. The minimum atomic E-state index is -0.591. The molecule has 0 aliphatic heterocycles. The average molecular weight is 558 g/mol. The Kier molecular flexibility index (Phi) is 7.15. The van der Waals surface area contributed by atoms with Gasteiger partial charge in [0.1, 0.15) is 11.6 Å². The molecule has 8 nitrogen and oxygen atoms in total. The monoisotopic (exact) mass is 557 g/mol. The third kappa shape index (κ3) is 5.26. The van der Waals surface area contributed by atoms with Crippen molar-refractivity contribution in [3.05, 3.63) is 114 Å². The molecular weight excluding hydrogens is 542 g/mol. The van der Waals surface area contributed by atoms with Gasteiger partial charge in [0.15, 0.2) is 0 Å². The van der Waals surface area contributed by atoms with E-state index in [4.69, 9.17) is 11.6 Å². The van der Waals surface area contributed by atoms with Crippen molar-refractivity contribution in [2.24, 2.45) is 0 Å². The molecule has 3 N–H and O–H groups in total. The number of hydrogen-bond donors (Lipinski definition) is 3. The lowest BCUT2D eigenvalue weighted by atomic mass is 10.1. The zero-order chi connectivity index (χ0) is 26.6. The van der Waals surface area contributed by atoms with Crippen LogP contribution >= 0.6 is 34.3 Å². The summed E-state index contributed by atoms with van der Waals surface area (Å²) >= 11 is 8.46. The highest BCUT2D eigenvalue weighted by atomic mass is 35.5. The zero-order valence-corrected chi connectivity index (χ0v) is 21.7. The van der Waals surface area contributed by atoms with Gasteiger partial charge in [-0.05, 0) is 59.3 Å². The van der Waals surface area contributed by atoms with Crippen LogP contribution in [0.2, 0.25) is 5.02 Å². The molecule has 3 heterocycles. The van der Waals surface area contributed by atoms with Crippen LogP contribution in [0.25, 0.3) is 11.3 Å². The molecule has 0 saturated heterocycles. The first-order valence-electron chi connectivity index (χ1n) is 11.1. The minimum Gasteiger partial charge on any atom is -0.326 e. The summed E-state index contributed by atoms with van der Waals surface area (Å²) in [6.07, 6.45) is 0. The molecule has 5 rings (SSSR count). The van der Waals surface area contributed by atoms with Gasteiger partial charge in [-0.1, -0.05) is 29.8 Å². The van der Waals surface area contributed by atoms with Gasteiger partial charge in [0.25, 0.3) is 11.5 Å². The first kappa shape index (κ1) is 25.1. The molecule has 0 radical (unpaired) electrons. The van der Waals surface area contributed by atoms with Crippen molar-refractivity contribution in [3.8, 4) is 17.3 Å². The van der Waals surface area contributed by atoms with Crippen molar-refractivity contribution >= 4 is 63.3 Å². The van der Waals surface area contributed by atoms with E-state index < -0.39 is 11.5 Å². The van der Waals surface area contributed by atoms with E-state index in [0.29, 0.717) is 37.3 Å². The summed E-state index contributed by atoms with van der Waals surface area (Å²) in [5, 5.41) is 19.4. The fourth-order valence-electron chi connectivity index (χ4n) is 3.61. The molecule has 38 heavy (non-hydrogen) atoms. The quantitative estimate of drug-likeness (QED) is 0.201. The molecule has 0 spiro atoms. The first-order valence-corrected chi connectivity index (χ1v) is 13.2. The summed E-state index contributed by atoms with van der Waals surface area (Å²) in [6, 6.07) is 20.4. The number of nitrogens with one attached hydrogen (secondary N) is 3. The van der Waals surface area contributed by atoms with Crippen LogP contribution in [-0.4, -0.2) is 21.7 Å². The lowest BCUT2D eigenvalue weighted by Crippen LogP contribution is -2.16. The van der Waals surface area contributed by atoms with Gasteiger partial charge in [-0.25, -0.2) is 4.98 Å². The van der Waals surface area contributed by atoms with Gasteiger partial charge in [-0.3, -0.25) is 19.4 Å². The Labute approximate surface area is 229 Å². The summed E-state index contributed by atoms with van der Waals surface area (Å²) in [6.45, 7) is 0. The molecule has 11 heteroatoms. The lowest BCUT2D eigenvalue weighted by molar-refractivity contribution is 0.100. The molecule has 0 fully saturated rings. The van der Waals surface area contributed by atoms with Crippen LogP contribution in [0.4, 0.5) is 17.3 Å². The van der Waals surface area contributed by atoms with Crippen LogP contribution < -0.4 is 16.2 Å². The van der Waals surface area contributed by atoms with E-state index in [1.165, 1.54) is 22.7 Å². The number of H-pyrrole nitrogens is 1. The van der Waals surface area contributed by atoms with Crippen molar-refractivity contribution in [2.45, 2.75) is 0 Å². The fourth-order valence-corrected chi connectivity index (χ4v) is 5.31. The number of amides is 1. The van der Waals surface area contributed by atoms with E-state index in [2.05, 4.69) is 20.6 Å². The molecule has 3 aromatic heterocycles. The topological polar surface area (TPSA) is 128 Å². The van der Waals surface area contributed by atoms with Gasteiger partial charge in [-0.2, -0.15) is 5.26 Å². The second-order valence-electron chi connectivity index (χ2n) is 7.88. The molecule has 0 bridgehead atoms. The Hall–Kier alpha value is -4.56. The number of anilines is 3. The normalized spacial score (nSPS) is 10.5. The Bertz CT molecular complexity index is 1740. The van der Waals surface area contributed by atoms with E-state index in [0.717, 1.165) is 0 Å². The predicted molar refractivity (Wildman–Crippen MR) is 150 cm³/mol. The number of ketones is 1. The number of halogens is 1. The van der Waals surface area contributed by atoms with Crippen molar-refractivity contribution in [1.29, 1.82) is 5.26 Å². The van der Waals surface area contributed by atoms with Gasteiger partial charge in [0.2, 0.25) is 11.7 Å². The second kappa shape index (κ2) is 10.8. The Morgan fingerprint density at radius 3 is 2.37 bits per heavy atom. The third-order valence-electron chi connectivity index (χ3n) is 5.42. The molecule has 5 aromatic rings. The molecular formula is C27H16ClN5O3S2. The van der Waals surface area contributed by atoms with Crippen LogP contribution in [-0.2, 0) is 0 Å². The maximum atomic E-state index is 12.9. The van der Waals surface area contributed by atoms with Gasteiger partial charge in [-0.15, -0.1) is 22.7 Å². The number of rotatable bonds is 7. The maximum absolute atomic E-state index is 12.9. The van der Waals surface area contributed by atoms with Crippen molar-refractivity contribution < 1.29 is 9.59 Å². The Balaban J connectivity index is 1.38. The first-order chi connectivity index (χ1) is 18.4. The fraction of sp³-hybridized carbons (Fsp3) is 0. The highest BCUT2D eigenvalue weighted by molar-refractivity contribution is 7.16. The van der Waals surface area contributed by atoms with Gasteiger partial charge in [0.05, 0.1) is 21.0 Å². The number of hydrogen-bond acceptors (Lipinski definition) is 8. The molecule has 1 amide bonds. The van der Waals surface area contributed by atoms with Crippen LogP contribution in [0.15, 0.2) is 82.3 Å². The van der Waals surface area contributed by atoms with Crippen LogP contribution in [0.3, 0.4) is 0 Å². The predicted octanol–water partition coefficient (Wildman–Crippen LogP) is 6.31. The summed E-state index contributed by atoms with van der Waals surface area (Å²) in [5.41, 5.74) is 1.38. The number of thiophene rings is 2. The summed E-state index contributed by atoms with van der Waals surface area (Å²) in [7, 11) is 0. The summed E-state index contributed by atoms with van der Waals surface area (Å²) in [5.74, 6) is -0.452. The Morgan fingerprint density at radius 2 is 1.68 bits per heavy atom. The third-order valence-corrected chi connectivity index (χ3v) is 7.45. The lowest BCUT2D eigenvalue weighted by Gasteiger charge is -2.10. The summed E-state index contributed by atoms with van der Waals surface area (Å²) in [4.78, 5) is 46.2.